The van der Waals surface area contributed by atoms with Gasteiger partial charge in [-0.2, -0.15) is 0 Å². The first kappa shape index (κ1) is 9.29. The van der Waals surface area contributed by atoms with Crippen molar-refractivity contribution in [3.8, 4) is 11.8 Å². The summed E-state index contributed by atoms with van der Waals surface area (Å²) in [7, 11) is 0. The van der Waals surface area contributed by atoms with Gasteiger partial charge in [0.2, 0.25) is 0 Å². The first-order chi connectivity index (χ1) is 6.92. The second-order valence-corrected chi connectivity index (χ2v) is 3.54. The van der Waals surface area contributed by atoms with Gasteiger partial charge in [-0.25, -0.2) is 4.98 Å². The fraction of sp³-hybridized carbons (Fsp3) is 0.545. The summed E-state index contributed by atoms with van der Waals surface area (Å²) in [6, 6.07) is 0. The number of nitrogens with one attached hydrogen (secondary N) is 1. The van der Waals surface area contributed by atoms with Gasteiger partial charge in [0.05, 0.1) is 6.33 Å². The van der Waals surface area contributed by atoms with Crippen LogP contribution in [0.25, 0.3) is 0 Å². The summed E-state index contributed by atoms with van der Waals surface area (Å²) in [5.41, 5.74) is 1.35. The highest BCUT2D eigenvalue weighted by Gasteiger charge is 2.21. The molecule has 3 nitrogen and oxygen atoms in total. The number of aryl methyl sites for hydroxylation is 1. The van der Waals surface area contributed by atoms with Crippen molar-refractivity contribution in [2.45, 2.75) is 25.8 Å². The molecule has 2 rings (SSSR count). The van der Waals surface area contributed by atoms with Crippen LogP contribution in [0.2, 0.25) is 0 Å². The van der Waals surface area contributed by atoms with Crippen molar-refractivity contribution in [3.63, 3.8) is 0 Å². The number of nitrogens with zero attached hydrogens (tertiary/aromatic N) is 2. The quantitative estimate of drug-likeness (QED) is 0.718. The third kappa shape index (κ3) is 1.80. The van der Waals surface area contributed by atoms with Crippen LogP contribution in [-0.2, 0) is 6.54 Å². The summed E-state index contributed by atoms with van der Waals surface area (Å²) in [6.07, 6.45) is 4.80. The van der Waals surface area contributed by atoms with E-state index in [1.807, 2.05) is 19.4 Å². The number of imidazole rings is 1. The van der Waals surface area contributed by atoms with Gasteiger partial charge in [0.15, 0.2) is 0 Å². The molecule has 1 aromatic rings. The molecule has 1 N–H and O–H groups in total. The summed E-state index contributed by atoms with van der Waals surface area (Å²) < 4.78 is 2.22. The topological polar surface area (TPSA) is 29.9 Å². The SMILES string of the molecule is CC#CCCn1cncc1C1CNC1. The normalized spacial score (nSPS) is 15.8. The Balaban J connectivity index is 2.00. The van der Waals surface area contributed by atoms with E-state index in [1.54, 1.807) is 0 Å². The fourth-order valence-corrected chi connectivity index (χ4v) is 1.66. The van der Waals surface area contributed by atoms with Crippen molar-refractivity contribution in [1.82, 2.24) is 14.9 Å². The smallest absolute Gasteiger partial charge is 0.0948 e. The van der Waals surface area contributed by atoms with E-state index in [0.717, 1.165) is 26.1 Å². The third-order valence-corrected chi connectivity index (χ3v) is 2.60. The van der Waals surface area contributed by atoms with Gasteiger partial charge in [-0.05, 0) is 6.92 Å². The lowest BCUT2D eigenvalue weighted by molar-refractivity contribution is 0.424. The molecule has 14 heavy (non-hydrogen) atoms. The number of hydrogen-bond donors (Lipinski definition) is 1. The van der Waals surface area contributed by atoms with E-state index in [4.69, 9.17) is 0 Å². The Kier molecular flexibility index (Phi) is 2.85. The summed E-state index contributed by atoms with van der Waals surface area (Å²) in [5.74, 6) is 6.64. The molecule has 3 heteroatoms. The summed E-state index contributed by atoms with van der Waals surface area (Å²) >= 11 is 0. The van der Waals surface area contributed by atoms with Crippen LogP contribution >= 0.6 is 0 Å². The van der Waals surface area contributed by atoms with Crippen LogP contribution in [0.15, 0.2) is 12.5 Å². The standard InChI is InChI=1S/C11H15N3/c1-2-3-4-5-14-9-13-8-11(14)10-6-12-7-10/h8-10,12H,4-7H2,1H3. The molecular formula is C11H15N3. The fourth-order valence-electron chi connectivity index (χ4n) is 1.66. The van der Waals surface area contributed by atoms with Crippen molar-refractivity contribution >= 4 is 0 Å². The summed E-state index contributed by atoms with van der Waals surface area (Å²) in [6.45, 7) is 5.02. The minimum Gasteiger partial charge on any atom is -0.333 e. The second kappa shape index (κ2) is 4.30. The second-order valence-electron chi connectivity index (χ2n) is 3.54. The van der Waals surface area contributed by atoms with Crippen LogP contribution in [0.3, 0.4) is 0 Å². The van der Waals surface area contributed by atoms with E-state index in [2.05, 4.69) is 26.7 Å². The number of hydrogen-bond acceptors (Lipinski definition) is 2. The predicted molar refractivity (Wildman–Crippen MR) is 55.9 cm³/mol. The van der Waals surface area contributed by atoms with Crippen molar-refractivity contribution in [2.24, 2.45) is 0 Å². The van der Waals surface area contributed by atoms with Crippen LogP contribution < -0.4 is 5.32 Å². The Morgan fingerprint density at radius 2 is 2.50 bits per heavy atom. The van der Waals surface area contributed by atoms with E-state index in [1.165, 1.54) is 5.69 Å². The molecule has 0 amide bonds. The molecule has 0 spiro atoms. The average molecular weight is 189 g/mol. The van der Waals surface area contributed by atoms with E-state index in [9.17, 15) is 0 Å². The molecule has 1 aliphatic heterocycles. The molecule has 0 aromatic carbocycles. The summed E-state index contributed by atoms with van der Waals surface area (Å²) in [5, 5.41) is 3.27. The monoisotopic (exact) mass is 189 g/mol. The largest absolute Gasteiger partial charge is 0.333 e. The molecule has 0 unspecified atom stereocenters. The van der Waals surface area contributed by atoms with Crippen molar-refractivity contribution in [2.75, 3.05) is 13.1 Å². The van der Waals surface area contributed by atoms with Crippen molar-refractivity contribution in [3.05, 3.63) is 18.2 Å². The zero-order valence-corrected chi connectivity index (χ0v) is 8.45. The molecule has 1 aliphatic rings. The Bertz CT molecular complexity index is 352. The van der Waals surface area contributed by atoms with Gasteiger partial charge in [0.25, 0.3) is 0 Å². The molecular weight excluding hydrogens is 174 g/mol. The van der Waals surface area contributed by atoms with Crippen LogP contribution in [0.1, 0.15) is 25.0 Å². The molecule has 0 bridgehead atoms. The predicted octanol–water partition coefficient (Wildman–Crippen LogP) is 0.983. The Morgan fingerprint density at radius 1 is 1.64 bits per heavy atom. The maximum atomic E-state index is 4.19. The van der Waals surface area contributed by atoms with Gasteiger partial charge in [-0.3, -0.25) is 0 Å². The Labute approximate surface area is 84.5 Å². The average Bonchev–Trinajstić information content (AvgIpc) is 2.51. The van der Waals surface area contributed by atoms with Crippen molar-refractivity contribution < 1.29 is 0 Å². The maximum Gasteiger partial charge on any atom is 0.0948 e. The highest BCUT2D eigenvalue weighted by molar-refractivity contribution is 5.12. The van der Waals surface area contributed by atoms with Gasteiger partial charge >= 0.3 is 0 Å². The molecule has 0 atom stereocenters. The van der Waals surface area contributed by atoms with Crippen LogP contribution in [-0.4, -0.2) is 22.6 Å². The number of rotatable bonds is 3. The molecule has 0 aliphatic carbocycles. The lowest BCUT2D eigenvalue weighted by Gasteiger charge is -2.27. The van der Waals surface area contributed by atoms with Crippen LogP contribution in [0.5, 0.6) is 0 Å². The Hall–Kier alpha value is -1.27. The Morgan fingerprint density at radius 3 is 3.14 bits per heavy atom. The molecule has 0 saturated carbocycles. The van der Waals surface area contributed by atoms with Gasteiger partial charge in [-0.1, -0.05) is 0 Å². The van der Waals surface area contributed by atoms with E-state index in [0.29, 0.717) is 5.92 Å². The summed E-state index contributed by atoms with van der Waals surface area (Å²) in [4.78, 5) is 4.19. The lowest BCUT2D eigenvalue weighted by Crippen LogP contribution is -2.40. The van der Waals surface area contributed by atoms with Gasteiger partial charge < -0.3 is 9.88 Å². The molecule has 2 heterocycles. The van der Waals surface area contributed by atoms with Crippen LogP contribution in [0.4, 0.5) is 0 Å². The molecule has 74 valence electrons. The third-order valence-electron chi connectivity index (χ3n) is 2.60. The number of aromatic nitrogens is 2. The molecule has 1 aromatic heterocycles. The van der Waals surface area contributed by atoms with E-state index in [-0.39, 0.29) is 0 Å². The molecule has 0 radical (unpaired) electrons. The van der Waals surface area contributed by atoms with Gasteiger partial charge in [0, 0.05) is 43.9 Å². The molecule has 1 fully saturated rings. The highest BCUT2D eigenvalue weighted by Crippen LogP contribution is 2.19. The zero-order valence-electron chi connectivity index (χ0n) is 8.45. The van der Waals surface area contributed by atoms with E-state index < -0.39 is 0 Å². The highest BCUT2D eigenvalue weighted by atomic mass is 15.1. The zero-order chi connectivity index (χ0) is 9.80. The minimum atomic E-state index is 0.659. The van der Waals surface area contributed by atoms with E-state index >= 15 is 0 Å². The maximum absolute atomic E-state index is 4.19. The first-order valence-electron chi connectivity index (χ1n) is 5.02. The van der Waals surface area contributed by atoms with Gasteiger partial charge in [0.1, 0.15) is 0 Å². The lowest BCUT2D eigenvalue weighted by atomic mass is 10.00. The van der Waals surface area contributed by atoms with Gasteiger partial charge in [-0.15, -0.1) is 11.8 Å². The minimum absolute atomic E-state index is 0.659. The van der Waals surface area contributed by atoms with Crippen molar-refractivity contribution in [1.29, 1.82) is 0 Å². The molecule has 1 saturated heterocycles. The first-order valence-corrected chi connectivity index (χ1v) is 5.02. The van der Waals surface area contributed by atoms with Crippen LogP contribution in [0, 0.1) is 11.8 Å².